The van der Waals surface area contributed by atoms with Crippen LogP contribution in [0.3, 0.4) is 0 Å². The van der Waals surface area contributed by atoms with Gasteiger partial charge in [-0.05, 0) is 6.42 Å². The van der Waals surface area contributed by atoms with Crippen LogP contribution in [0.25, 0.3) is 11.1 Å². The van der Waals surface area contributed by atoms with Crippen LogP contribution in [0, 0.1) is 12.1 Å². The number of hydrogen-bond acceptors (Lipinski definition) is 1. The summed E-state index contributed by atoms with van der Waals surface area (Å²) in [6.07, 6.45) is 9.26. The molecule has 192 valence electrons. The summed E-state index contributed by atoms with van der Waals surface area (Å²) in [6.45, 7) is 2.08. The van der Waals surface area contributed by atoms with E-state index in [-0.39, 0.29) is 24.8 Å². The van der Waals surface area contributed by atoms with Gasteiger partial charge in [0.05, 0.1) is 0 Å². The number of benzene rings is 4. The molecule has 6 rings (SSSR count). The van der Waals surface area contributed by atoms with Crippen molar-refractivity contribution in [3.05, 3.63) is 149 Å². The van der Waals surface area contributed by atoms with Crippen LogP contribution >= 0.6 is 0 Å². The van der Waals surface area contributed by atoms with Gasteiger partial charge in [-0.1, -0.05) is 41.1 Å². The number of anilines is 1. The van der Waals surface area contributed by atoms with Crippen molar-refractivity contribution in [2.45, 2.75) is 19.8 Å². The van der Waals surface area contributed by atoms with E-state index >= 15 is 0 Å². The van der Waals surface area contributed by atoms with E-state index in [1.807, 2.05) is 12.1 Å². The fourth-order valence-corrected chi connectivity index (χ4v) is 5.15. The summed E-state index contributed by atoms with van der Waals surface area (Å²) in [7, 11) is 4.19. The fraction of sp³-hybridized carbons (Fsp3) is 0.147. The first-order valence-electron chi connectivity index (χ1n) is 12.3. The van der Waals surface area contributed by atoms with Gasteiger partial charge >= 0.3 is 99.2 Å². The Labute approximate surface area is 255 Å². The summed E-state index contributed by atoms with van der Waals surface area (Å²) < 4.78 is 1.42. The number of nitrogens with zero attached hydrogens (tertiary/aromatic N) is 1. The molecule has 0 amide bonds. The molecule has 0 saturated heterocycles. The van der Waals surface area contributed by atoms with Crippen molar-refractivity contribution < 1.29 is 49.0 Å². The van der Waals surface area contributed by atoms with E-state index in [1.165, 1.54) is 72.1 Å². The van der Waals surface area contributed by atoms with Gasteiger partial charge in [0.25, 0.3) is 0 Å². The molecular weight excluding hydrogens is 585 g/mol. The van der Waals surface area contributed by atoms with Crippen molar-refractivity contribution in [3.8, 4) is 11.1 Å². The third-order valence-electron chi connectivity index (χ3n) is 6.19. The molecule has 4 aromatic carbocycles. The van der Waals surface area contributed by atoms with Crippen LogP contribution in [0.1, 0.15) is 35.6 Å². The Hall–Kier alpha value is -2.51. The van der Waals surface area contributed by atoms with Gasteiger partial charge in [-0.3, -0.25) is 6.08 Å². The third kappa shape index (κ3) is 8.24. The van der Waals surface area contributed by atoms with E-state index in [4.69, 9.17) is 0 Å². The molecule has 0 aliphatic heterocycles. The molecule has 0 fully saturated rings. The van der Waals surface area contributed by atoms with Gasteiger partial charge in [0.15, 0.2) is 0 Å². The summed E-state index contributed by atoms with van der Waals surface area (Å²) in [6, 6.07) is 37.3. The molecule has 0 radical (unpaired) electrons. The predicted molar refractivity (Wildman–Crippen MR) is 150 cm³/mol. The van der Waals surface area contributed by atoms with Gasteiger partial charge in [-0.15, -0.1) is 30.5 Å². The maximum absolute atomic E-state index is 3.36. The van der Waals surface area contributed by atoms with Crippen molar-refractivity contribution in [2.24, 2.45) is 0 Å². The predicted octanol–water partition coefficient (Wildman–Crippen LogP) is 1.63. The Morgan fingerprint density at radius 2 is 1.37 bits per heavy atom. The first-order chi connectivity index (χ1) is 17.5. The molecule has 2 aliphatic carbocycles. The van der Waals surface area contributed by atoms with E-state index in [2.05, 4.69) is 135 Å². The van der Waals surface area contributed by atoms with E-state index in [9.17, 15) is 0 Å². The molecule has 2 aliphatic rings. The molecule has 0 heterocycles. The molecule has 38 heavy (non-hydrogen) atoms. The second-order valence-corrected chi connectivity index (χ2v) is 10.3. The van der Waals surface area contributed by atoms with Crippen molar-refractivity contribution in [3.63, 3.8) is 0 Å². The average molecular weight is 616 g/mol. The number of hydrogen-bond donors (Lipinski definition) is 0. The molecule has 0 atom stereocenters. The molecule has 1 nitrogen and oxygen atoms in total. The summed E-state index contributed by atoms with van der Waals surface area (Å²) in [5.41, 5.74) is 10.8. The average Bonchev–Trinajstić information content (AvgIpc) is 3.56. The number of rotatable bonds is 3. The third-order valence-corrected chi connectivity index (χ3v) is 7.61. The summed E-state index contributed by atoms with van der Waals surface area (Å²) in [4.78, 5) is 2.18. The molecule has 4 heteroatoms. The molecule has 4 aromatic rings. The van der Waals surface area contributed by atoms with Gasteiger partial charge < -0.3 is 29.7 Å². The van der Waals surface area contributed by atoms with Gasteiger partial charge in [-0.25, -0.2) is 11.6 Å². The van der Waals surface area contributed by atoms with Crippen molar-refractivity contribution in [1.29, 1.82) is 0 Å². The Balaban J connectivity index is 0.000000212. The van der Waals surface area contributed by atoms with Crippen LogP contribution in [0.4, 0.5) is 5.69 Å². The topological polar surface area (TPSA) is 3.24 Å². The van der Waals surface area contributed by atoms with E-state index < -0.39 is 0 Å². The van der Waals surface area contributed by atoms with Crippen LogP contribution in [0.15, 0.2) is 115 Å². The zero-order valence-electron chi connectivity index (χ0n) is 22.0. The SMILES string of the molecule is CC1=CC[C-]=C1.CN(C)c1cc[c-]c2c1-c1ccccc1C2.[Cl-].[Cl-].[Zr+2]=[C](c1ccccc1)c1ccccc1. The molecule has 0 unspecified atom stereocenters. The summed E-state index contributed by atoms with van der Waals surface area (Å²) in [5.74, 6) is 0. The zero-order chi connectivity index (χ0) is 25.3. The fourth-order valence-electron chi connectivity index (χ4n) is 4.33. The molecule has 0 spiro atoms. The molecule has 0 aromatic heterocycles. The molecule has 0 N–H and O–H groups in total. The van der Waals surface area contributed by atoms with Crippen LogP contribution in [0.2, 0.25) is 0 Å². The standard InChI is InChI=1S/C15H14N.C13H10.C6H7.2ClH.Zr/c1-16(2)14-9-5-7-12-10-11-6-3-4-8-13(11)15(12)14;1-3-7-12(8-4-1)11-13-9-5-2-6-10-13;1-6-4-2-3-5-6;;;/h3-6,8-9H,10H2,1-2H3;1-10H;4-5H,2H2,1H3;2*1H;/q-1;;-1;;;+2/p-2. The van der Waals surface area contributed by atoms with E-state index in [1.54, 1.807) is 0 Å². The summed E-state index contributed by atoms with van der Waals surface area (Å²) >= 11 is 1.46. The van der Waals surface area contributed by atoms with Crippen LogP contribution < -0.4 is 29.7 Å². The quantitative estimate of drug-likeness (QED) is 0.279. The minimum absolute atomic E-state index is 0. The number of allylic oxidation sites excluding steroid dienone is 4. The van der Waals surface area contributed by atoms with Gasteiger partial charge in [0.1, 0.15) is 0 Å². The second kappa shape index (κ2) is 15.8. The first kappa shape index (κ1) is 31.7. The van der Waals surface area contributed by atoms with Crippen LogP contribution in [-0.4, -0.2) is 17.3 Å². The molecular formula is C34H31Cl2NZr-2. The number of halogens is 2. The monoisotopic (exact) mass is 613 g/mol. The van der Waals surface area contributed by atoms with Crippen molar-refractivity contribution in [2.75, 3.05) is 19.0 Å². The van der Waals surface area contributed by atoms with E-state index in [0.29, 0.717) is 0 Å². The Morgan fingerprint density at radius 3 is 1.87 bits per heavy atom. The molecule has 0 saturated carbocycles. The second-order valence-electron chi connectivity index (χ2n) is 9.05. The van der Waals surface area contributed by atoms with Gasteiger partial charge in [-0.2, -0.15) is 18.2 Å². The van der Waals surface area contributed by atoms with Gasteiger partial charge in [0.2, 0.25) is 0 Å². The van der Waals surface area contributed by atoms with Crippen LogP contribution in [-0.2, 0) is 30.7 Å². The Morgan fingerprint density at radius 1 is 0.789 bits per heavy atom. The van der Waals surface area contributed by atoms with Gasteiger partial charge in [0, 0.05) is 14.1 Å². The van der Waals surface area contributed by atoms with Crippen molar-refractivity contribution in [1.82, 2.24) is 0 Å². The maximum atomic E-state index is 3.36. The normalized spacial score (nSPS) is 11.7. The van der Waals surface area contributed by atoms with E-state index in [0.717, 1.165) is 12.8 Å². The Bertz CT molecular complexity index is 1330. The Kier molecular flexibility index (Phi) is 13.2. The number of fused-ring (bicyclic) bond motifs is 3. The zero-order valence-corrected chi connectivity index (χ0v) is 26.0. The minimum atomic E-state index is 0. The van der Waals surface area contributed by atoms with Crippen LogP contribution in [0.5, 0.6) is 0 Å². The molecule has 0 bridgehead atoms. The van der Waals surface area contributed by atoms with Crippen molar-refractivity contribution >= 4 is 8.89 Å². The summed E-state index contributed by atoms with van der Waals surface area (Å²) in [5, 5.41) is 0. The first-order valence-corrected chi connectivity index (χ1v) is 13.5.